The molecular weight excluding hydrogens is 340 g/mol. The van der Waals surface area contributed by atoms with Crippen LogP contribution in [-0.2, 0) is 9.53 Å². The van der Waals surface area contributed by atoms with Gasteiger partial charge in [-0.3, -0.25) is 9.59 Å². The molecule has 1 aromatic carbocycles. The average molecular weight is 365 g/mol. The lowest BCUT2D eigenvalue weighted by Crippen LogP contribution is -2.52. The van der Waals surface area contributed by atoms with Crippen LogP contribution in [0.3, 0.4) is 0 Å². The zero-order chi connectivity index (χ0) is 17.8. The van der Waals surface area contributed by atoms with Crippen molar-refractivity contribution in [3.05, 3.63) is 34.9 Å². The number of hydrazine groups is 1. The summed E-state index contributed by atoms with van der Waals surface area (Å²) in [6.07, 6.45) is 3.60. The molecule has 0 aromatic heterocycles. The van der Waals surface area contributed by atoms with Crippen molar-refractivity contribution in [1.29, 1.82) is 0 Å². The van der Waals surface area contributed by atoms with Crippen LogP contribution in [0.5, 0.6) is 0 Å². The van der Waals surface area contributed by atoms with Crippen LogP contribution in [0.2, 0.25) is 5.02 Å². The summed E-state index contributed by atoms with van der Waals surface area (Å²) >= 11 is 5.90. The molecule has 2 aliphatic rings. The van der Waals surface area contributed by atoms with Crippen LogP contribution in [-0.4, -0.2) is 55.1 Å². The summed E-state index contributed by atoms with van der Waals surface area (Å²) in [6.45, 7) is 3.42. The second-order valence-corrected chi connectivity index (χ2v) is 7.31. The Morgan fingerprint density at radius 1 is 1.00 bits per heavy atom. The lowest BCUT2D eigenvalue weighted by Gasteiger charge is -2.42. The molecule has 136 valence electrons. The van der Waals surface area contributed by atoms with Crippen LogP contribution in [0.4, 0.5) is 0 Å². The van der Waals surface area contributed by atoms with E-state index < -0.39 is 0 Å². The molecule has 1 aromatic rings. The second-order valence-electron chi connectivity index (χ2n) is 6.87. The van der Waals surface area contributed by atoms with Crippen LogP contribution in [0.1, 0.15) is 36.0 Å². The molecule has 0 saturated carbocycles. The average Bonchev–Trinajstić information content (AvgIpc) is 2.67. The number of esters is 1. The summed E-state index contributed by atoms with van der Waals surface area (Å²) in [5.41, 5.74) is 0.742. The van der Waals surface area contributed by atoms with E-state index in [0.29, 0.717) is 5.02 Å². The first-order valence-corrected chi connectivity index (χ1v) is 9.33. The molecule has 0 amide bonds. The zero-order valence-electron chi connectivity index (χ0n) is 14.6. The molecule has 2 saturated heterocycles. The van der Waals surface area contributed by atoms with Gasteiger partial charge in [-0.05, 0) is 49.9 Å². The van der Waals surface area contributed by atoms with Crippen molar-refractivity contribution < 1.29 is 14.3 Å². The van der Waals surface area contributed by atoms with Crippen molar-refractivity contribution in [2.75, 3.05) is 33.3 Å². The highest BCUT2D eigenvalue weighted by Crippen LogP contribution is 2.26. The standard InChI is InChI=1S/C19H25ClN2O3/c1-25-19(24)16-3-2-10-22(13-16)21-11-8-15(9-12-21)18(23)14-4-6-17(20)7-5-14/h4-7,15-16H,2-3,8-13H2,1H3/t16-/m0/s1. The number of ketones is 1. The van der Waals surface area contributed by atoms with Crippen molar-refractivity contribution in [3.8, 4) is 0 Å². The lowest BCUT2D eigenvalue weighted by molar-refractivity contribution is -0.152. The van der Waals surface area contributed by atoms with E-state index in [2.05, 4.69) is 10.0 Å². The molecule has 0 spiro atoms. The molecule has 0 aliphatic carbocycles. The second kappa shape index (κ2) is 8.30. The number of methoxy groups -OCH3 is 1. The Morgan fingerprint density at radius 2 is 1.68 bits per heavy atom. The van der Waals surface area contributed by atoms with Gasteiger partial charge < -0.3 is 4.74 Å². The van der Waals surface area contributed by atoms with E-state index in [4.69, 9.17) is 16.3 Å². The van der Waals surface area contributed by atoms with E-state index in [9.17, 15) is 9.59 Å². The number of rotatable bonds is 4. The van der Waals surface area contributed by atoms with Gasteiger partial charge in [-0.2, -0.15) is 0 Å². The first-order valence-electron chi connectivity index (χ1n) is 8.96. The highest BCUT2D eigenvalue weighted by Gasteiger charge is 2.33. The molecule has 2 fully saturated rings. The third-order valence-electron chi connectivity index (χ3n) is 5.31. The fourth-order valence-electron chi connectivity index (χ4n) is 3.83. The van der Waals surface area contributed by atoms with Crippen LogP contribution >= 0.6 is 11.6 Å². The molecule has 2 heterocycles. The molecular formula is C19H25ClN2O3. The SMILES string of the molecule is COC(=O)[C@H]1CCCN(N2CCC(C(=O)c3ccc(Cl)cc3)CC2)C1. The molecule has 0 bridgehead atoms. The van der Waals surface area contributed by atoms with Crippen LogP contribution in [0.15, 0.2) is 24.3 Å². The predicted octanol–water partition coefficient (Wildman–Crippen LogP) is 3.03. The largest absolute Gasteiger partial charge is 0.469 e. The van der Waals surface area contributed by atoms with Gasteiger partial charge in [0.1, 0.15) is 0 Å². The van der Waals surface area contributed by atoms with Gasteiger partial charge in [0.2, 0.25) is 0 Å². The Morgan fingerprint density at radius 3 is 2.32 bits per heavy atom. The summed E-state index contributed by atoms with van der Waals surface area (Å²) in [5, 5.41) is 5.23. The Bertz CT molecular complexity index is 612. The number of benzene rings is 1. The summed E-state index contributed by atoms with van der Waals surface area (Å²) in [6, 6.07) is 7.15. The van der Waals surface area contributed by atoms with Crippen molar-refractivity contribution in [2.24, 2.45) is 11.8 Å². The number of carbonyl (C=O) groups is 2. The zero-order valence-corrected chi connectivity index (χ0v) is 15.4. The van der Waals surface area contributed by atoms with Crippen molar-refractivity contribution in [1.82, 2.24) is 10.0 Å². The molecule has 6 heteroatoms. The number of hydrogen-bond donors (Lipinski definition) is 0. The highest BCUT2D eigenvalue weighted by atomic mass is 35.5. The Balaban J connectivity index is 1.54. The number of carbonyl (C=O) groups excluding carboxylic acids is 2. The number of piperidine rings is 2. The maximum absolute atomic E-state index is 12.6. The van der Waals surface area contributed by atoms with E-state index in [1.54, 1.807) is 12.1 Å². The summed E-state index contributed by atoms with van der Waals surface area (Å²) in [7, 11) is 1.45. The number of ether oxygens (including phenoxy) is 1. The first-order chi connectivity index (χ1) is 12.1. The highest BCUT2D eigenvalue weighted by molar-refractivity contribution is 6.30. The quantitative estimate of drug-likeness (QED) is 0.607. The maximum atomic E-state index is 12.6. The first kappa shape index (κ1) is 18.4. The topological polar surface area (TPSA) is 49.9 Å². The van der Waals surface area contributed by atoms with Gasteiger partial charge in [-0.1, -0.05) is 11.6 Å². The van der Waals surface area contributed by atoms with Gasteiger partial charge in [-0.15, -0.1) is 0 Å². The van der Waals surface area contributed by atoms with Crippen LogP contribution in [0, 0.1) is 11.8 Å². The molecule has 3 rings (SSSR count). The molecule has 1 atom stereocenters. The van der Waals surface area contributed by atoms with E-state index in [1.807, 2.05) is 12.1 Å². The van der Waals surface area contributed by atoms with Crippen LogP contribution in [0.25, 0.3) is 0 Å². The molecule has 0 N–H and O–H groups in total. The molecule has 5 nitrogen and oxygen atoms in total. The van der Waals surface area contributed by atoms with Crippen molar-refractivity contribution in [3.63, 3.8) is 0 Å². The Labute approximate surface area is 153 Å². The summed E-state index contributed by atoms with van der Waals surface area (Å²) in [4.78, 5) is 24.4. The van der Waals surface area contributed by atoms with Crippen molar-refractivity contribution in [2.45, 2.75) is 25.7 Å². The fraction of sp³-hybridized carbons (Fsp3) is 0.579. The number of hydrogen-bond acceptors (Lipinski definition) is 5. The van der Waals surface area contributed by atoms with Gasteiger partial charge in [0.05, 0.1) is 13.0 Å². The van der Waals surface area contributed by atoms with Gasteiger partial charge in [0.15, 0.2) is 5.78 Å². The number of nitrogens with zero attached hydrogens (tertiary/aromatic N) is 2. The van der Waals surface area contributed by atoms with E-state index in [-0.39, 0.29) is 23.6 Å². The summed E-state index contributed by atoms with van der Waals surface area (Å²) < 4.78 is 4.89. The third kappa shape index (κ3) is 4.40. The Hall–Kier alpha value is -1.43. The van der Waals surface area contributed by atoms with E-state index in [0.717, 1.165) is 57.4 Å². The number of Topliss-reactive ketones (excluding diaryl/α,β-unsaturated/α-hetero) is 1. The summed E-state index contributed by atoms with van der Waals surface area (Å²) in [5.74, 6) is 0.130. The van der Waals surface area contributed by atoms with Crippen molar-refractivity contribution >= 4 is 23.4 Å². The van der Waals surface area contributed by atoms with E-state index >= 15 is 0 Å². The normalized spacial score (nSPS) is 23.4. The van der Waals surface area contributed by atoms with Gasteiger partial charge in [0.25, 0.3) is 0 Å². The molecule has 0 radical (unpaired) electrons. The Kier molecular flexibility index (Phi) is 6.10. The predicted molar refractivity (Wildman–Crippen MR) is 96.4 cm³/mol. The fourth-order valence-corrected chi connectivity index (χ4v) is 3.96. The van der Waals surface area contributed by atoms with Gasteiger partial charge in [0, 0.05) is 42.7 Å². The maximum Gasteiger partial charge on any atom is 0.310 e. The molecule has 2 aliphatic heterocycles. The smallest absolute Gasteiger partial charge is 0.310 e. The molecule has 25 heavy (non-hydrogen) atoms. The monoisotopic (exact) mass is 364 g/mol. The molecule has 0 unspecified atom stereocenters. The lowest BCUT2D eigenvalue weighted by atomic mass is 9.89. The minimum atomic E-state index is -0.113. The third-order valence-corrected chi connectivity index (χ3v) is 5.56. The van der Waals surface area contributed by atoms with Gasteiger partial charge in [-0.25, -0.2) is 10.0 Å². The minimum Gasteiger partial charge on any atom is -0.469 e. The number of halogens is 1. The van der Waals surface area contributed by atoms with Crippen LogP contribution < -0.4 is 0 Å². The minimum absolute atomic E-state index is 0.0350. The van der Waals surface area contributed by atoms with E-state index in [1.165, 1.54) is 7.11 Å². The van der Waals surface area contributed by atoms with Gasteiger partial charge >= 0.3 is 5.97 Å².